The second kappa shape index (κ2) is 19.9. The number of amides is 2. The lowest BCUT2D eigenvalue weighted by molar-refractivity contribution is -0.153. The maximum Gasteiger partial charge on any atom is 0.297 e. The molecule has 0 radical (unpaired) electrons. The molecule has 2 N–H and O–H groups in total. The van der Waals surface area contributed by atoms with Gasteiger partial charge in [0, 0.05) is 64.5 Å². The Bertz CT molecular complexity index is 940. The average molecular weight is 637 g/mol. The number of ketones is 6. The summed E-state index contributed by atoms with van der Waals surface area (Å²) < 4.78 is 54.7. The van der Waals surface area contributed by atoms with Crippen LogP contribution in [0, 0.1) is 10.8 Å². The highest BCUT2D eigenvalue weighted by atomic mass is 19.3. The van der Waals surface area contributed by atoms with Crippen molar-refractivity contribution in [3.8, 4) is 0 Å². The second-order valence-electron chi connectivity index (χ2n) is 10.6. The van der Waals surface area contributed by atoms with Crippen molar-refractivity contribution in [3.63, 3.8) is 0 Å². The number of halogens is 4. The molecule has 0 saturated carbocycles. The molecule has 14 heteroatoms. The summed E-state index contributed by atoms with van der Waals surface area (Å²) in [5.41, 5.74) is -4.85. The molecule has 0 aromatic heterocycles. The Morgan fingerprint density at radius 2 is 0.705 bits per heavy atom. The number of hydrogen-bond donors (Lipinski definition) is 2. The van der Waals surface area contributed by atoms with Gasteiger partial charge in [-0.05, 0) is 25.7 Å². The molecule has 0 aromatic carbocycles. The van der Waals surface area contributed by atoms with Gasteiger partial charge in [-0.25, -0.2) is 17.6 Å². The van der Waals surface area contributed by atoms with Gasteiger partial charge in [0.05, 0.1) is 0 Å². The highest BCUT2D eigenvalue weighted by Crippen LogP contribution is 2.36. The van der Waals surface area contributed by atoms with E-state index in [4.69, 9.17) is 0 Å². The van der Waals surface area contributed by atoms with Gasteiger partial charge in [-0.1, -0.05) is 27.7 Å². The van der Waals surface area contributed by atoms with Crippen molar-refractivity contribution in [1.82, 2.24) is 10.6 Å². The van der Waals surface area contributed by atoms with Crippen LogP contribution in [0.2, 0.25) is 0 Å². The summed E-state index contributed by atoms with van der Waals surface area (Å²) in [6, 6.07) is 0. The molecular formula is C30H44F4N2O8. The predicted molar refractivity (Wildman–Crippen MR) is 151 cm³/mol. The van der Waals surface area contributed by atoms with Crippen molar-refractivity contribution in [1.29, 1.82) is 0 Å². The molecule has 0 heterocycles. The first-order valence-corrected chi connectivity index (χ1v) is 14.9. The van der Waals surface area contributed by atoms with E-state index in [1.165, 1.54) is 27.7 Å². The number of alkyl halides is 4. The molecule has 2 amide bonds. The van der Waals surface area contributed by atoms with Crippen LogP contribution in [-0.2, 0) is 38.4 Å². The standard InChI is InChI=1S/C30H44F4N2O8/c1-5-19(37)9-13-29(23(41)25(31)32,14-10-20(38)6-2)27(43)35-17-18-36-28(44)30(24(42)26(33)34,15-11-21(39)7-3)16-12-22(40)8-4/h25-26H,5-18H2,1-4H3,(H,35,43)(H,36,44). The van der Waals surface area contributed by atoms with Crippen LogP contribution < -0.4 is 10.6 Å². The van der Waals surface area contributed by atoms with Crippen molar-refractivity contribution < 1.29 is 55.9 Å². The van der Waals surface area contributed by atoms with Gasteiger partial charge in [0.25, 0.3) is 12.9 Å². The van der Waals surface area contributed by atoms with Crippen LogP contribution in [0.3, 0.4) is 0 Å². The smallest absolute Gasteiger partial charge is 0.297 e. The molecule has 250 valence electrons. The van der Waals surface area contributed by atoms with Gasteiger partial charge < -0.3 is 10.6 Å². The number of hydrogen-bond acceptors (Lipinski definition) is 8. The minimum Gasteiger partial charge on any atom is -0.353 e. The fourth-order valence-electron chi connectivity index (χ4n) is 4.65. The predicted octanol–water partition coefficient (Wildman–Crippen LogP) is 3.90. The third kappa shape index (κ3) is 12.0. The van der Waals surface area contributed by atoms with Crippen LogP contribution >= 0.6 is 0 Å². The van der Waals surface area contributed by atoms with Crippen molar-refractivity contribution in [3.05, 3.63) is 0 Å². The summed E-state index contributed by atoms with van der Waals surface area (Å²) >= 11 is 0. The zero-order valence-corrected chi connectivity index (χ0v) is 25.8. The summed E-state index contributed by atoms with van der Waals surface area (Å²) in [7, 11) is 0. The molecule has 0 unspecified atom stereocenters. The van der Waals surface area contributed by atoms with E-state index in [1.807, 2.05) is 0 Å². The van der Waals surface area contributed by atoms with E-state index in [-0.39, 0.29) is 51.4 Å². The highest BCUT2D eigenvalue weighted by molar-refractivity contribution is 6.09. The lowest BCUT2D eigenvalue weighted by Gasteiger charge is -2.32. The minimum absolute atomic E-state index is 0.0211. The molecule has 0 fully saturated rings. The molecule has 0 bridgehead atoms. The van der Waals surface area contributed by atoms with E-state index in [0.29, 0.717) is 0 Å². The Morgan fingerprint density at radius 1 is 0.477 bits per heavy atom. The van der Waals surface area contributed by atoms with E-state index in [9.17, 15) is 55.9 Å². The van der Waals surface area contributed by atoms with E-state index in [2.05, 4.69) is 10.6 Å². The van der Waals surface area contributed by atoms with E-state index < -0.39 is 109 Å². The minimum atomic E-state index is -3.59. The van der Waals surface area contributed by atoms with Crippen LogP contribution in [0.1, 0.15) is 105 Å². The average Bonchev–Trinajstić information content (AvgIpc) is 3.01. The normalized spacial score (nSPS) is 11.8. The summed E-state index contributed by atoms with van der Waals surface area (Å²) in [6.45, 7) is 5.03. The zero-order valence-electron chi connectivity index (χ0n) is 25.8. The largest absolute Gasteiger partial charge is 0.353 e. The first-order valence-electron chi connectivity index (χ1n) is 14.9. The van der Waals surface area contributed by atoms with E-state index in [1.54, 1.807) is 0 Å². The summed E-state index contributed by atoms with van der Waals surface area (Å²) in [4.78, 5) is 99.6. The van der Waals surface area contributed by atoms with Gasteiger partial charge in [-0.15, -0.1) is 0 Å². The Kier molecular flexibility index (Phi) is 18.4. The molecule has 0 saturated heterocycles. The Hall–Kier alpha value is -3.32. The third-order valence-electron chi connectivity index (χ3n) is 7.80. The van der Waals surface area contributed by atoms with Crippen molar-refractivity contribution in [2.75, 3.05) is 13.1 Å². The van der Waals surface area contributed by atoms with Gasteiger partial charge in [0.2, 0.25) is 23.4 Å². The topological polar surface area (TPSA) is 161 Å². The fourth-order valence-corrected chi connectivity index (χ4v) is 4.65. The molecule has 0 atom stereocenters. The maximum absolute atomic E-state index is 13.7. The van der Waals surface area contributed by atoms with Crippen molar-refractivity contribution in [2.45, 2.75) is 118 Å². The fraction of sp³-hybridized carbons (Fsp3) is 0.733. The van der Waals surface area contributed by atoms with Gasteiger partial charge in [0.1, 0.15) is 34.0 Å². The molecule has 0 spiro atoms. The quantitative estimate of drug-likeness (QED) is 0.0867. The number of nitrogens with one attached hydrogen (secondary N) is 2. The van der Waals surface area contributed by atoms with Crippen LogP contribution in [0.15, 0.2) is 0 Å². The van der Waals surface area contributed by atoms with Crippen LogP contribution in [0.4, 0.5) is 17.6 Å². The van der Waals surface area contributed by atoms with Gasteiger partial charge in [-0.3, -0.25) is 38.4 Å². The number of carbonyl (C=O) groups excluding carboxylic acids is 8. The zero-order chi connectivity index (χ0) is 34.1. The van der Waals surface area contributed by atoms with Gasteiger partial charge in [0.15, 0.2) is 0 Å². The first-order chi connectivity index (χ1) is 20.6. The number of rotatable bonds is 25. The molecule has 44 heavy (non-hydrogen) atoms. The van der Waals surface area contributed by atoms with E-state index >= 15 is 0 Å². The number of Topliss-reactive ketones (excluding diaryl/α,β-unsaturated/α-hetero) is 6. The van der Waals surface area contributed by atoms with Crippen molar-refractivity contribution >= 4 is 46.5 Å². The lowest BCUT2D eigenvalue weighted by Crippen LogP contribution is -2.53. The van der Waals surface area contributed by atoms with Crippen LogP contribution in [0.25, 0.3) is 0 Å². The molecular weight excluding hydrogens is 592 g/mol. The molecule has 10 nitrogen and oxygen atoms in total. The Labute approximate surface area is 254 Å². The van der Waals surface area contributed by atoms with Crippen molar-refractivity contribution in [2.24, 2.45) is 10.8 Å². The molecule has 0 aliphatic heterocycles. The van der Waals surface area contributed by atoms with Gasteiger partial charge in [-0.2, -0.15) is 0 Å². The third-order valence-corrected chi connectivity index (χ3v) is 7.80. The van der Waals surface area contributed by atoms with Gasteiger partial charge >= 0.3 is 0 Å². The number of carbonyl (C=O) groups is 8. The summed E-state index contributed by atoms with van der Waals surface area (Å²) in [6.07, 6.45) is -11.0. The maximum atomic E-state index is 13.7. The second-order valence-corrected chi connectivity index (χ2v) is 10.6. The monoisotopic (exact) mass is 636 g/mol. The van der Waals surface area contributed by atoms with Crippen LogP contribution in [0.5, 0.6) is 0 Å². The van der Waals surface area contributed by atoms with E-state index in [0.717, 1.165) is 0 Å². The molecule has 0 aliphatic rings. The Morgan fingerprint density at radius 3 is 0.886 bits per heavy atom. The highest BCUT2D eigenvalue weighted by Gasteiger charge is 2.50. The van der Waals surface area contributed by atoms with Crippen LogP contribution in [-0.4, -0.2) is 72.5 Å². The Balaban J connectivity index is 6.09. The SMILES string of the molecule is CCC(=O)CCC(CCC(=O)CC)(C(=O)NCCNC(=O)C(CCC(=O)CC)(CCC(=O)CC)C(=O)C(F)F)C(=O)C(F)F. The first kappa shape index (κ1) is 40.7. The summed E-state index contributed by atoms with van der Waals surface area (Å²) in [5, 5.41) is 4.50. The lowest BCUT2D eigenvalue weighted by atomic mass is 9.73. The molecule has 0 rings (SSSR count). The summed E-state index contributed by atoms with van der Waals surface area (Å²) in [5.74, 6) is -7.56. The molecule has 0 aliphatic carbocycles. The molecule has 0 aromatic rings.